The molecule has 1 saturated heterocycles. The van der Waals surface area contributed by atoms with Gasteiger partial charge in [0, 0.05) is 29.8 Å². The number of rotatable bonds is 6. The second-order valence-electron chi connectivity index (χ2n) is 8.26. The molecule has 7 nitrogen and oxygen atoms in total. The Bertz CT molecular complexity index is 1310. The number of morpholine rings is 1. The van der Waals surface area contributed by atoms with Crippen LogP contribution < -0.4 is 5.32 Å². The molecule has 1 aliphatic rings. The van der Waals surface area contributed by atoms with Gasteiger partial charge in [0.05, 0.1) is 24.5 Å². The molecule has 0 radical (unpaired) electrons. The zero-order valence-corrected chi connectivity index (χ0v) is 20.7. The molecule has 2 amide bonds. The van der Waals surface area contributed by atoms with Gasteiger partial charge in [-0.3, -0.25) is 9.59 Å². The van der Waals surface area contributed by atoms with Gasteiger partial charge in [-0.25, -0.2) is 8.42 Å². The standard InChI is InChI=1S/C25H26N2O5S2/c1-17-21(25(29)27-11-13-32-14-12-27)24(33-22(17)19-8-4-3-5-9-19)26-23(28)20-10-6-7-18(15-20)16-34(2,30)31/h3-10,15H,11-14,16H2,1-2H3,(H,26,28). The number of hydrogen-bond donors (Lipinski definition) is 1. The minimum atomic E-state index is -3.23. The van der Waals surface area contributed by atoms with E-state index >= 15 is 0 Å². The van der Waals surface area contributed by atoms with Gasteiger partial charge in [0.1, 0.15) is 5.00 Å². The van der Waals surface area contributed by atoms with Crippen molar-refractivity contribution in [3.8, 4) is 10.4 Å². The van der Waals surface area contributed by atoms with E-state index in [9.17, 15) is 18.0 Å². The quantitative estimate of drug-likeness (QED) is 0.555. The van der Waals surface area contributed by atoms with Crippen LogP contribution in [-0.2, 0) is 20.3 Å². The summed E-state index contributed by atoms with van der Waals surface area (Å²) in [6.45, 7) is 3.85. The normalized spacial score (nSPS) is 14.1. The molecule has 1 aromatic heterocycles. The molecule has 0 spiro atoms. The van der Waals surface area contributed by atoms with Crippen molar-refractivity contribution in [1.29, 1.82) is 0 Å². The predicted molar refractivity (Wildman–Crippen MR) is 134 cm³/mol. The summed E-state index contributed by atoms with van der Waals surface area (Å²) in [6.07, 6.45) is 1.16. The number of amides is 2. The Kier molecular flexibility index (Phi) is 7.16. The second-order valence-corrected chi connectivity index (χ2v) is 11.4. The Balaban J connectivity index is 1.69. The van der Waals surface area contributed by atoms with Crippen molar-refractivity contribution in [3.05, 3.63) is 76.9 Å². The van der Waals surface area contributed by atoms with Crippen molar-refractivity contribution in [2.75, 3.05) is 37.9 Å². The fourth-order valence-corrected chi connectivity index (χ4v) is 5.91. The lowest BCUT2D eigenvalue weighted by atomic mass is 10.1. The van der Waals surface area contributed by atoms with Gasteiger partial charge in [0.25, 0.3) is 11.8 Å². The average molecular weight is 499 g/mol. The van der Waals surface area contributed by atoms with Gasteiger partial charge in [-0.05, 0) is 35.7 Å². The number of nitrogens with zero attached hydrogens (tertiary/aromatic N) is 1. The van der Waals surface area contributed by atoms with E-state index in [1.165, 1.54) is 11.3 Å². The van der Waals surface area contributed by atoms with Crippen LogP contribution in [0.2, 0.25) is 0 Å². The van der Waals surface area contributed by atoms with Gasteiger partial charge >= 0.3 is 0 Å². The number of carbonyl (C=O) groups excluding carboxylic acids is 2. The number of carbonyl (C=O) groups is 2. The Hall–Kier alpha value is -3.01. The van der Waals surface area contributed by atoms with Crippen LogP contribution in [0.1, 0.15) is 31.8 Å². The Labute approximate surface area is 203 Å². The summed E-state index contributed by atoms with van der Waals surface area (Å²) >= 11 is 1.36. The smallest absolute Gasteiger partial charge is 0.257 e. The summed E-state index contributed by atoms with van der Waals surface area (Å²) in [5.41, 5.74) is 3.13. The highest BCUT2D eigenvalue weighted by Crippen LogP contribution is 2.40. The van der Waals surface area contributed by atoms with Crippen molar-refractivity contribution >= 4 is 38.0 Å². The van der Waals surface area contributed by atoms with Crippen LogP contribution >= 0.6 is 11.3 Å². The molecule has 0 saturated carbocycles. The number of benzene rings is 2. The van der Waals surface area contributed by atoms with Crippen molar-refractivity contribution in [2.45, 2.75) is 12.7 Å². The van der Waals surface area contributed by atoms with Crippen molar-refractivity contribution in [1.82, 2.24) is 4.90 Å². The molecular formula is C25H26N2O5S2. The van der Waals surface area contributed by atoms with E-state index in [1.807, 2.05) is 37.3 Å². The van der Waals surface area contributed by atoms with E-state index in [0.29, 0.717) is 48.0 Å². The first-order valence-electron chi connectivity index (χ1n) is 10.9. The Morgan fingerprint density at radius 3 is 2.44 bits per heavy atom. The van der Waals surface area contributed by atoms with Gasteiger partial charge < -0.3 is 15.0 Å². The molecule has 178 valence electrons. The molecule has 34 heavy (non-hydrogen) atoms. The molecule has 1 fully saturated rings. The summed E-state index contributed by atoms with van der Waals surface area (Å²) in [4.78, 5) is 29.3. The molecule has 3 aromatic rings. The molecule has 1 aliphatic heterocycles. The van der Waals surface area contributed by atoms with E-state index < -0.39 is 15.7 Å². The summed E-state index contributed by atoms with van der Waals surface area (Å²) in [7, 11) is -3.23. The highest BCUT2D eigenvalue weighted by atomic mass is 32.2. The van der Waals surface area contributed by atoms with Gasteiger partial charge in [-0.2, -0.15) is 0 Å². The number of nitrogens with one attached hydrogen (secondary N) is 1. The fourth-order valence-electron chi connectivity index (χ4n) is 3.93. The minimum Gasteiger partial charge on any atom is -0.378 e. The van der Waals surface area contributed by atoms with Crippen LogP contribution in [0.5, 0.6) is 0 Å². The van der Waals surface area contributed by atoms with Crippen LogP contribution in [0.15, 0.2) is 54.6 Å². The van der Waals surface area contributed by atoms with E-state index in [1.54, 1.807) is 29.2 Å². The molecule has 0 atom stereocenters. The lowest BCUT2D eigenvalue weighted by Crippen LogP contribution is -2.41. The molecule has 4 rings (SSSR count). The lowest BCUT2D eigenvalue weighted by Gasteiger charge is -2.27. The topological polar surface area (TPSA) is 92.8 Å². The van der Waals surface area contributed by atoms with Crippen LogP contribution in [0.3, 0.4) is 0 Å². The van der Waals surface area contributed by atoms with Crippen molar-refractivity contribution < 1.29 is 22.7 Å². The summed E-state index contributed by atoms with van der Waals surface area (Å²) in [5, 5.41) is 3.40. The molecule has 2 aromatic carbocycles. The van der Waals surface area contributed by atoms with Crippen LogP contribution in [0.4, 0.5) is 5.00 Å². The lowest BCUT2D eigenvalue weighted by molar-refractivity contribution is 0.0303. The third-order valence-electron chi connectivity index (χ3n) is 5.54. The van der Waals surface area contributed by atoms with Crippen LogP contribution in [-0.4, -0.2) is 57.7 Å². The van der Waals surface area contributed by atoms with E-state index in [2.05, 4.69) is 5.32 Å². The highest BCUT2D eigenvalue weighted by Gasteiger charge is 2.28. The summed E-state index contributed by atoms with van der Waals surface area (Å²) < 4.78 is 28.7. The molecule has 2 heterocycles. The molecule has 9 heteroatoms. The average Bonchev–Trinajstić information content (AvgIpc) is 3.14. The minimum absolute atomic E-state index is 0.139. The maximum Gasteiger partial charge on any atom is 0.257 e. The first kappa shape index (κ1) is 24.1. The Morgan fingerprint density at radius 2 is 1.76 bits per heavy atom. The molecule has 0 unspecified atom stereocenters. The first-order valence-corrected chi connectivity index (χ1v) is 13.7. The number of thiophene rings is 1. The zero-order valence-electron chi connectivity index (χ0n) is 19.0. The van der Waals surface area contributed by atoms with Crippen molar-refractivity contribution in [2.24, 2.45) is 0 Å². The van der Waals surface area contributed by atoms with Crippen molar-refractivity contribution in [3.63, 3.8) is 0 Å². The number of anilines is 1. The number of sulfone groups is 1. The second kappa shape index (κ2) is 10.1. The van der Waals surface area contributed by atoms with E-state index in [-0.39, 0.29) is 11.7 Å². The van der Waals surface area contributed by atoms with E-state index in [0.717, 1.165) is 22.3 Å². The van der Waals surface area contributed by atoms with Crippen LogP contribution in [0, 0.1) is 6.92 Å². The highest BCUT2D eigenvalue weighted by molar-refractivity contribution is 7.89. The number of ether oxygens (including phenoxy) is 1. The van der Waals surface area contributed by atoms with E-state index in [4.69, 9.17) is 4.74 Å². The predicted octanol–water partition coefficient (Wildman–Crippen LogP) is 3.99. The van der Waals surface area contributed by atoms with Gasteiger partial charge in [-0.15, -0.1) is 11.3 Å². The third-order valence-corrected chi connectivity index (χ3v) is 7.65. The molecule has 1 N–H and O–H groups in total. The van der Waals surface area contributed by atoms with Gasteiger partial charge in [0.2, 0.25) is 0 Å². The zero-order chi connectivity index (χ0) is 24.3. The maximum atomic E-state index is 13.5. The molecular weight excluding hydrogens is 472 g/mol. The molecule has 0 bridgehead atoms. The summed E-state index contributed by atoms with van der Waals surface area (Å²) in [6, 6.07) is 16.3. The third kappa shape index (κ3) is 5.55. The Morgan fingerprint density at radius 1 is 1.06 bits per heavy atom. The van der Waals surface area contributed by atoms with Gasteiger partial charge in [-0.1, -0.05) is 42.5 Å². The molecule has 0 aliphatic carbocycles. The maximum absolute atomic E-state index is 13.5. The SMILES string of the molecule is Cc1c(-c2ccccc2)sc(NC(=O)c2cccc(CS(C)(=O)=O)c2)c1C(=O)N1CCOCC1. The monoisotopic (exact) mass is 498 g/mol. The van der Waals surface area contributed by atoms with Crippen LogP contribution in [0.25, 0.3) is 10.4 Å². The largest absolute Gasteiger partial charge is 0.378 e. The number of hydrogen-bond acceptors (Lipinski definition) is 6. The van der Waals surface area contributed by atoms with Gasteiger partial charge in [0.15, 0.2) is 9.84 Å². The first-order chi connectivity index (χ1) is 16.2. The summed E-state index contributed by atoms with van der Waals surface area (Å²) in [5.74, 6) is -0.682. The fraction of sp³-hybridized carbons (Fsp3) is 0.280.